The van der Waals surface area contributed by atoms with Gasteiger partial charge in [-0.1, -0.05) is 0 Å². The lowest BCUT2D eigenvalue weighted by Crippen LogP contribution is -2.30. The van der Waals surface area contributed by atoms with Crippen LogP contribution in [0, 0.1) is 0 Å². The largest absolute Gasteiger partial charge is 0.0407 e. The SMILES string of the molecule is C1Cc2c1c1c(c3c(c4c(c5c2CC5)CC4)CC3)CC1. The molecule has 6 rings (SSSR count). The van der Waals surface area contributed by atoms with Crippen molar-refractivity contribution in [2.45, 2.75) is 64.2 Å². The van der Waals surface area contributed by atoms with Crippen LogP contribution in [-0.4, -0.2) is 0 Å². The molecule has 5 aliphatic carbocycles. The van der Waals surface area contributed by atoms with Crippen LogP contribution in [0.5, 0.6) is 0 Å². The minimum atomic E-state index is 1.37. The van der Waals surface area contributed by atoms with E-state index < -0.39 is 0 Å². The lowest BCUT2D eigenvalue weighted by Gasteiger charge is -2.40. The summed E-state index contributed by atoms with van der Waals surface area (Å²) in [6, 6.07) is 0. The maximum atomic E-state index is 1.79. The third kappa shape index (κ3) is 1.01. The standard InChI is InChI=1S/C20H20/c1-2-12-11(1)13-3-4-15(13)17-7-8-19(17)20-10-9-18(20)16-6-5-14(12)16/h1-10H2. The Hall–Kier alpha value is -1.30. The second-order valence-corrected chi connectivity index (χ2v) is 7.29. The maximum absolute atomic E-state index is 1.79. The third-order valence-corrected chi connectivity index (χ3v) is 6.77. The summed E-state index contributed by atoms with van der Waals surface area (Å²) < 4.78 is 0. The van der Waals surface area contributed by atoms with Crippen LogP contribution in [0.25, 0.3) is 0 Å². The van der Waals surface area contributed by atoms with E-state index in [9.17, 15) is 0 Å². The van der Waals surface area contributed by atoms with E-state index in [1.807, 2.05) is 0 Å². The number of fused-ring (bicyclic) bond motifs is 10. The Morgan fingerprint density at radius 3 is 0.350 bits per heavy atom. The van der Waals surface area contributed by atoms with Gasteiger partial charge in [-0.2, -0.15) is 0 Å². The smallest absolute Gasteiger partial charge is 0.0232 e. The molecule has 20 heavy (non-hydrogen) atoms. The number of hydrogen-bond donors (Lipinski definition) is 0. The van der Waals surface area contributed by atoms with Crippen molar-refractivity contribution in [3.63, 3.8) is 0 Å². The highest BCUT2D eigenvalue weighted by Gasteiger charge is 2.35. The zero-order valence-corrected chi connectivity index (χ0v) is 12.1. The van der Waals surface area contributed by atoms with E-state index in [4.69, 9.17) is 0 Å². The van der Waals surface area contributed by atoms with Crippen LogP contribution in [0.15, 0.2) is 0 Å². The molecule has 0 heteroatoms. The van der Waals surface area contributed by atoms with Gasteiger partial charge in [0.25, 0.3) is 0 Å². The van der Waals surface area contributed by atoms with Gasteiger partial charge in [-0.05, 0) is 120 Å². The fourth-order valence-corrected chi connectivity index (χ4v) is 5.21. The van der Waals surface area contributed by atoms with Gasteiger partial charge in [0, 0.05) is 0 Å². The van der Waals surface area contributed by atoms with Crippen molar-refractivity contribution in [1.29, 1.82) is 0 Å². The highest BCUT2D eigenvalue weighted by molar-refractivity contribution is 5.63. The first-order valence-electron chi connectivity index (χ1n) is 8.54. The van der Waals surface area contributed by atoms with Crippen molar-refractivity contribution in [1.82, 2.24) is 0 Å². The van der Waals surface area contributed by atoms with Crippen molar-refractivity contribution in [3.05, 3.63) is 55.6 Å². The molecule has 1 aromatic rings. The normalized spacial score (nSPS) is 21.0. The molecule has 0 N–H and O–H groups in total. The predicted octanol–water partition coefficient (Wildman–Crippen LogP) is 3.30. The summed E-state index contributed by atoms with van der Waals surface area (Å²) in [5, 5.41) is 0. The fourth-order valence-electron chi connectivity index (χ4n) is 5.21. The van der Waals surface area contributed by atoms with Gasteiger partial charge in [0.05, 0.1) is 0 Å². The Labute approximate surface area is 120 Å². The van der Waals surface area contributed by atoms with E-state index in [1.54, 1.807) is 55.6 Å². The highest BCUT2D eigenvalue weighted by atomic mass is 14.4. The first kappa shape index (κ1) is 10.4. The Bertz CT molecular complexity index is 513. The molecule has 0 radical (unpaired) electrons. The molecule has 100 valence electrons. The molecule has 0 aliphatic heterocycles. The van der Waals surface area contributed by atoms with Crippen molar-refractivity contribution >= 4 is 0 Å². The molecule has 0 aromatic heterocycles. The van der Waals surface area contributed by atoms with Gasteiger partial charge < -0.3 is 0 Å². The van der Waals surface area contributed by atoms with Crippen molar-refractivity contribution in [2.75, 3.05) is 0 Å². The van der Waals surface area contributed by atoms with E-state index in [-0.39, 0.29) is 0 Å². The van der Waals surface area contributed by atoms with E-state index in [0.29, 0.717) is 0 Å². The lowest BCUT2D eigenvalue weighted by atomic mass is 9.65. The Balaban J connectivity index is 1.83. The molecule has 1 aromatic carbocycles. The van der Waals surface area contributed by atoms with E-state index >= 15 is 0 Å². The topological polar surface area (TPSA) is 0 Å². The summed E-state index contributed by atoms with van der Waals surface area (Å²) in [5.41, 5.74) is 17.9. The number of hydrogen-bond acceptors (Lipinski definition) is 0. The molecule has 0 bridgehead atoms. The van der Waals surface area contributed by atoms with Crippen LogP contribution >= 0.6 is 0 Å². The average molecular weight is 260 g/mol. The summed E-state index contributed by atoms with van der Waals surface area (Å²) in [4.78, 5) is 0. The van der Waals surface area contributed by atoms with Gasteiger partial charge >= 0.3 is 0 Å². The lowest BCUT2D eigenvalue weighted by molar-refractivity contribution is 0.665. The van der Waals surface area contributed by atoms with Crippen LogP contribution in [0.3, 0.4) is 0 Å². The van der Waals surface area contributed by atoms with Crippen LogP contribution in [0.1, 0.15) is 55.6 Å². The molecule has 0 spiro atoms. The summed E-state index contributed by atoms with van der Waals surface area (Å²) in [7, 11) is 0. The van der Waals surface area contributed by atoms with Gasteiger partial charge in [-0.25, -0.2) is 0 Å². The van der Waals surface area contributed by atoms with Gasteiger partial charge in [0.1, 0.15) is 0 Å². The molecule has 0 fully saturated rings. The summed E-state index contributed by atoms with van der Waals surface area (Å²) in [6.07, 6.45) is 13.7. The van der Waals surface area contributed by atoms with Crippen LogP contribution < -0.4 is 0 Å². The molecular formula is C20H20. The van der Waals surface area contributed by atoms with Crippen LogP contribution in [-0.2, 0) is 64.2 Å². The monoisotopic (exact) mass is 260 g/mol. The predicted molar refractivity (Wildman–Crippen MR) is 81.1 cm³/mol. The Morgan fingerprint density at radius 1 is 0.200 bits per heavy atom. The molecule has 0 heterocycles. The molecular weight excluding hydrogens is 240 g/mol. The van der Waals surface area contributed by atoms with Crippen molar-refractivity contribution in [2.24, 2.45) is 0 Å². The molecule has 0 nitrogen and oxygen atoms in total. The van der Waals surface area contributed by atoms with E-state index in [0.717, 1.165) is 0 Å². The maximum Gasteiger partial charge on any atom is -0.0232 e. The zero-order valence-electron chi connectivity index (χ0n) is 12.1. The Morgan fingerprint density at radius 2 is 0.300 bits per heavy atom. The van der Waals surface area contributed by atoms with Crippen LogP contribution in [0.4, 0.5) is 0 Å². The highest BCUT2D eigenvalue weighted by Crippen LogP contribution is 2.46. The molecule has 5 aliphatic rings. The molecule has 0 amide bonds. The van der Waals surface area contributed by atoms with Gasteiger partial charge in [-0.3, -0.25) is 0 Å². The summed E-state index contributed by atoms with van der Waals surface area (Å²) in [5.74, 6) is 0. The average Bonchev–Trinajstić information content (AvgIpc) is 2.33. The van der Waals surface area contributed by atoms with Gasteiger partial charge in [0.2, 0.25) is 0 Å². The Kier molecular flexibility index (Phi) is 1.72. The first-order chi connectivity index (χ1) is 9.92. The first-order valence-corrected chi connectivity index (χ1v) is 8.54. The molecule has 0 atom stereocenters. The van der Waals surface area contributed by atoms with Crippen molar-refractivity contribution in [3.8, 4) is 0 Å². The second-order valence-electron chi connectivity index (χ2n) is 7.29. The summed E-state index contributed by atoms with van der Waals surface area (Å²) in [6.45, 7) is 0. The fraction of sp³-hybridized carbons (Fsp3) is 0.500. The second kappa shape index (κ2) is 3.30. The molecule has 0 saturated heterocycles. The van der Waals surface area contributed by atoms with E-state index in [1.165, 1.54) is 64.2 Å². The van der Waals surface area contributed by atoms with Crippen LogP contribution in [0.2, 0.25) is 0 Å². The van der Waals surface area contributed by atoms with E-state index in [2.05, 4.69) is 0 Å². The summed E-state index contributed by atoms with van der Waals surface area (Å²) >= 11 is 0. The quantitative estimate of drug-likeness (QED) is 0.671. The molecule has 0 saturated carbocycles. The molecule has 0 unspecified atom stereocenters. The zero-order chi connectivity index (χ0) is 12.8. The van der Waals surface area contributed by atoms with Crippen molar-refractivity contribution < 1.29 is 0 Å². The number of rotatable bonds is 0. The van der Waals surface area contributed by atoms with Gasteiger partial charge in [-0.15, -0.1) is 0 Å². The third-order valence-electron chi connectivity index (χ3n) is 6.77. The minimum Gasteiger partial charge on any atom is -0.0407 e. The minimum absolute atomic E-state index is 1.37. The van der Waals surface area contributed by atoms with Gasteiger partial charge in [0.15, 0.2) is 0 Å².